The van der Waals surface area contributed by atoms with Crippen LogP contribution in [0.2, 0.25) is 0 Å². The topological polar surface area (TPSA) is 38.9 Å². The van der Waals surface area contributed by atoms with Crippen LogP contribution in [0.5, 0.6) is 0 Å². The highest BCUT2D eigenvalue weighted by Gasteiger charge is 2.09. The van der Waals surface area contributed by atoms with E-state index in [1.165, 1.54) is 6.07 Å². The molecule has 2 aromatic carbocycles. The molecule has 0 aliphatic rings. The molecule has 0 aliphatic carbocycles. The fourth-order valence-corrected chi connectivity index (χ4v) is 2.09. The summed E-state index contributed by atoms with van der Waals surface area (Å²) in [7, 11) is 0. The van der Waals surface area contributed by atoms with Crippen LogP contribution in [0.3, 0.4) is 0 Å². The van der Waals surface area contributed by atoms with Gasteiger partial charge in [-0.1, -0.05) is 18.2 Å². The first kappa shape index (κ1) is 10.7. The summed E-state index contributed by atoms with van der Waals surface area (Å²) in [4.78, 5) is 4.27. The van der Waals surface area contributed by atoms with Gasteiger partial charge in [0.2, 0.25) is 0 Å². The van der Waals surface area contributed by atoms with E-state index in [-0.39, 0.29) is 5.82 Å². The smallest absolute Gasteiger partial charge is 0.131 e. The van der Waals surface area contributed by atoms with Crippen molar-refractivity contribution >= 4 is 16.6 Å². The molecule has 2 N–H and O–H groups in total. The van der Waals surface area contributed by atoms with Gasteiger partial charge in [-0.05, 0) is 35.9 Å². The molecular weight excluding hydrogens is 227 g/mol. The zero-order valence-electron chi connectivity index (χ0n) is 9.60. The van der Waals surface area contributed by atoms with Crippen molar-refractivity contribution in [1.82, 2.24) is 4.98 Å². The minimum atomic E-state index is -0.277. The fourth-order valence-electron chi connectivity index (χ4n) is 2.09. The lowest BCUT2D eigenvalue weighted by molar-refractivity contribution is 0.631. The third-order valence-corrected chi connectivity index (χ3v) is 2.93. The SMILES string of the molecule is Nc1ccc(F)c(-c2cccc3ncccc23)c1. The molecule has 18 heavy (non-hydrogen) atoms. The van der Waals surface area contributed by atoms with Gasteiger partial charge >= 0.3 is 0 Å². The standard InChI is InChI=1S/C15H11FN2/c16-14-7-6-10(17)9-13(14)11-3-1-5-15-12(11)4-2-8-18-15/h1-9H,17H2. The van der Waals surface area contributed by atoms with Crippen LogP contribution in [0.15, 0.2) is 54.7 Å². The normalized spacial score (nSPS) is 10.7. The maximum atomic E-state index is 13.9. The van der Waals surface area contributed by atoms with E-state index in [0.717, 1.165) is 16.5 Å². The number of halogens is 1. The summed E-state index contributed by atoms with van der Waals surface area (Å²) < 4.78 is 13.9. The molecule has 1 aromatic heterocycles. The lowest BCUT2D eigenvalue weighted by atomic mass is 10.00. The summed E-state index contributed by atoms with van der Waals surface area (Å²) in [5.74, 6) is -0.277. The second-order valence-corrected chi connectivity index (χ2v) is 4.11. The summed E-state index contributed by atoms with van der Waals surface area (Å²) in [5, 5.41) is 0.921. The van der Waals surface area contributed by atoms with Crippen molar-refractivity contribution in [3.63, 3.8) is 0 Å². The Morgan fingerprint density at radius 2 is 1.83 bits per heavy atom. The van der Waals surface area contributed by atoms with Gasteiger partial charge in [0.25, 0.3) is 0 Å². The van der Waals surface area contributed by atoms with Crippen molar-refractivity contribution in [2.24, 2.45) is 0 Å². The molecule has 0 spiro atoms. The van der Waals surface area contributed by atoms with E-state index in [9.17, 15) is 4.39 Å². The van der Waals surface area contributed by atoms with Gasteiger partial charge in [-0.15, -0.1) is 0 Å². The number of hydrogen-bond acceptors (Lipinski definition) is 2. The van der Waals surface area contributed by atoms with Gasteiger partial charge in [-0.3, -0.25) is 4.98 Å². The lowest BCUT2D eigenvalue weighted by Crippen LogP contribution is -1.91. The summed E-state index contributed by atoms with van der Waals surface area (Å²) in [6.07, 6.45) is 1.72. The van der Waals surface area contributed by atoms with Gasteiger partial charge in [0, 0.05) is 22.8 Å². The maximum absolute atomic E-state index is 13.9. The predicted molar refractivity (Wildman–Crippen MR) is 71.5 cm³/mol. The average molecular weight is 238 g/mol. The predicted octanol–water partition coefficient (Wildman–Crippen LogP) is 3.62. The highest BCUT2D eigenvalue weighted by molar-refractivity contribution is 5.95. The molecule has 0 fully saturated rings. The van der Waals surface area contributed by atoms with Crippen molar-refractivity contribution in [2.45, 2.75) is 0 Å². The molecule has 0 radical (unpaired) electrons. The van der Waals surface area contributed by atoms with Gasteiger partial charge < -0.3 is 5.73 Å². The zero-order chi connectivity index (χ0) is 12.5. The third-order valence-electron chi connectivity index (χ3n) is 2.93. The van der Waals surface area contributed by atoms with E-state index >= 15 is 0 Å². The Labute approximate surface area is 104 Å². The van der Waals surface area contributed by atoms with E-state index in [2.05, 4.69) is 4.98 Å². The van der Waals surface area contributed by atoms with Crippen LogP contribution in [-0.4, -0.2) is 4.98 Å². The van der Waals surface area contributed by atoms with Crippen molar-refractivity contribution < 1.29 is 4.39 Å². The highest BCUT2D eigenvalue weighted by atomic mass is 19.1. The number of aromatic nitrogens is 1. The second-order valence-electron chi connectivity index (χ2n) is 4.11. The number of rotatable bonds is 1. The van der Waals surface area contributed by atoms with Crippen molar-refractivity contribution in [3.05, 3.63) is 60.5 Å². The summed E-state index contributed by atoms with van der Waals surface area (Å²) in [6, 6.07) is 14.0. The second kappa shape index (κ2) is 4.11. The Kier molecular flexibility index (Phi) is 2.45. The largest absolute Gasteiger partial charge is 0.399 e. The number of anilines is 1. The van der Waals surface area contributed by atoms with Crippen molar-refractivity contribution in [2.75, 3.05) is 5.73 Å². The lowest BCUT2D eigenvalue weighted by Gasteiger charge is -2.08. The molecule has 3 rings (SSSR count). The van der Waals surface area contributed by atoms with Crippen LogP contribution in [0.1, 0.15) is 0 Å². The van der Waals surface area contributed by atoms with Crippen molar-refractivity contribution in [1.29, 1.82) is 0 Å². The molecule has 3 aromatic rings. The molecule has 0 bridgehead atoms. The Morgan fingerprint density at radius 3 is 2.72 bits per heavy atom. The van der Waals surface area contributed by atoms with Crippen LogP contribution in [0.25, 0.3) is 22.0 Å². The number of nitrogens with zero attached hydrogens (tertiary/aromatic N) is 1. The van der Waals surface area contributed by atoms with Crippen molar-refractivity contribution in [3.8, 4) is 11.1 Å². The number of hydrogen-bond donors (Lipinski definition) is 1. The van der Waals surface area contributed by atoms with Gasteiger partial charge in [0.15, 0.2) is 0 Å². The van der Waals surface area contributed by atoms with Crippen LogP contribution in [-0.2, 0) is 0 Å². The average Bonchev–Trinajstić information content (AvgIpc) is 2.41. The van der Waals surface area contributed by atoms with Gasteiger partial charge in [-0.25, -0.2) is 4.39 Å². The number of nitrogens with two attached hydrogens (primary N) is 1. The minimum Gasteiger partial charge on any atom is -0.399 e. The van der Waals surface area contributed by atoms with Crippen LogP contribution in [0, 0.1) is 5.82 Å². The first-order valence-corrected chi connectivity index (χ1v) is 5.65. The number of nitrogen functional groups attached to an aromatic ring is 1. The Bertz CT molecular complexity index is 717. The molecule has 0 unspecified atom stereocenters. The van der Waals surface area contributed by atoms with Crippen LogP contribution < -0.4 is 5.73 Å². The Balaban J connectivity index is 2.35. The molecule has 0 atom stereocenters. The van der Waals surface area contributed by atoms with E-state index < -0.39 is 0 Å². The van der Waals surface area contributed by atoms with Crippen LogP contribution in [0.4, 0.5) is 10.1 Å². The summed E-state index contributed by atoms with van der Waals surface area (Å²) >= 11 is 0. The molecule has 0 amide bonds. The molecular formula is C15H11FN2. The molecule has 0 saturated carbocycles. The number of benzene rings is 2. The summed E-state index contributed by atoms with van der Waals surface area (Å²) in [5.41, 5.74) is 8.44. The fraction of sp³-hybridized carbons (Fsp3) is 0. The van der Waals surface area contributed by atoms with E-state index in [1.807, 2.05) is 30.3 Å². The molecule has 0 saturated heterocycles. The van der Waals surface area contributed by atoms with E-state index in [4.69, 9.17) is 5.73 Å². The molecule has 2 nitrogen and oxygen atoms in total. The molecule has 1 heterocycles. The van der Waals surface area contributed by atoms with Gasteiger partial charge in [0.1, 0.15) is 5.82 Å². The Morgan fingerprint density at radius 1 is 0.944 bits per heavy atom. The van der Waals surface area contributed by atoms with E-state index in [0.29, 0.717) is 11.3 Å². The monoisotopic (exact) mass is 238 g/mol. The first-order chi connectivity index (χ1) is 8.75. The number of fused-ring (bicyclic) bond motifs is 1. The highest BCUT2D eigenvalue weighted by Crippen LogP contribution is 2.30. The minimum absolute atomic E-state index is 0.277. The van der Waals surface area contributed by atoms with Gasteiger partial charge in [0.05, 0.1) is 5.52 Å². The molecule has 0 aliphatic heterocycles. The quantitative estimate of drug-likeness (QED) is 0.657. The molecule has 88 valence electrons. The van der Waals surface area contributed by atoms with E-state index in [1.54, 1.807) is 18.3 Å². The zero-order valence-corrected chi connectivity index (χ0v) is 9.60. The third kappa shape index (κ3) is 1.70. The van der Waals surface area contributed by atoms with Crippen LogP contribution >= 0.6 is 0 Å². The molecule has 3 heteroatoms. The van der Waals surface area contributed by atoms with Gasteiger partial charge in [-0.2, -0.15) is 0 Å². The first-order valence-electron chi connectivity index (χ1n) is 5.65. The summed E-state index contributed by atoms with van der Waals surface area (Å²) in [6.45, 7) is 0. The number of pyridine rings is 1. The maximum Gasteiger partial charge on any atom is 0.131 e. The Hall–Kier alpha value is -2.42.